The Morgan fingerprint density at radius 1 is 1.21 bits per heavy atom. The Balaban J connectivity index is 0.00000172. The van der Waals surface area contributed by atoms with E-state index in [9.17, 15) is 9.90 Å². The number of carbonyl (C=O) groups is 1. The molecule has 0 radical (unpaired) electrons. The van der Waals surface area contributed by atoms with Gasteiger partial charge in [-0.2, -0.15) is 0 Å². The summed E-state index contributed by atoms with van der Waals surface area (Å²) in [5, 5.41) is 14.7. The first-order valence-electron chi connectivity index (χ1n) is 11.5. The summed E-state index contributed by atoms with van der Waals surface area (Å²) in [4.78, 5) is 20.9. The maximum atomic E-state index is 12.0. The van der Waals surface area contributed by atoms with E-state index in [-0.39, 0.29) is 5.91 Å². The number of carbonyl (C=O) groups excluding carboxylic acids is 1. The average molecular weight is 454 g/mol. The van der Waals surface area contributed by atoms with Crippen LogP contribution in [0.15, 0.2) is 54.4 Å². The highest BCUT2D eigenvalue weighted by atomic mass is 16.5. The monoisotopic (exact) mass is 453 g/mol. The summed E-state index contributed by atoms with van der Waals surface area (Å²) in [6.45, 7) is 15.9. The molecule has 2 rings (SSSR count). The van der Waals surface area contributed by atoms with E-state index in [1.807, 2.05) is 39.0 Å². The van der Waals surface area contributed by atoms with Crippen molar-refractivity contribution >= 4 is 28.1 Å². The third-order valence-electron chi connectivity index (χ3n) is 4.96. The number of pyridine rings is 2. The molecule has 2 unspecified atom stereocenters. The molecular weight excluding hydrogens is 414 g/mol. The van der Waals surface area contributed by atoms with Crippen LogP contribution in [0.25, 0.3) is 16.3 Å². The third kappa shape index (κ3) is 8.56. The van der Waals surface area contributed by atoms with Gasteiger partial charge in [-0.3, -0.25) is 9.78 Å². The van der Waals surface area contributed by atoms with Gasteiger partial charge in [0.2, 0.25) is 0 Å². The Labute approximate surface area is 198 Å². The SMILES string of the molecule is C=C(/C=C(C)\C(=C/C)c1cc2cnc(NC(=O)C(C)OC)cc2cn1)C(O)CCC.CCC. The number of hydrogen-bond acceptors (Lipinski definition) is 5. The standard InChI is InChI=1S/C24H31N3O3.C3H8/c1-7-9-22(28)16(4)10-15(3)20(8-2)21-11-18-14-26-23(12-19(18)13-25-21)27-24(29)17(5)30-6;1-3-2/h8,10-14,17,22,28H,4,7,9H2,1-3,5-6H3,(H,26,27,29);3H2,1-2H3/b15-10-,20-8+;. The van der Waals surface area contributed by atoms with Crippen molar-refractivity contribution in [2.75, 3.05) is 12.4 Å². The molecular formula is C27H39N3O3. The van der Waals surface area contributed by atoms with Gasteiger partial charge in [0.15, 0.2) is 0 Å². The van der Waals surface area contributed by atoms with Crippen molar-refractivity contribution in [3.63, 3.8) is 0 Å². The van der Waals surface area contributed by atoms with Crippen molar-refractivity contribution in [1.82, 2.24) is 9.97 Å². The predicted octanol–water partition coefficient (Wildman–Crippen LogP) is 6.09. The van der Waals surface area contributed by atoms with Crippen LogP contribution in [0.3, 0.4) is 0 Å². The van der Waals surface area contributed by atoms with E-state index in [1.165, 1.54) is 13.5 Å². The highest BCUT2D eigenvalue weighted by Gasteiger charge is 2.13. The smallest absolute Gasteiger partial charge is 0.254 e. The molecule has 2 aromatic rings. The van der Waals surface area contributed by atoms with E-state index in [2.05, 4.69) is 35.7 Å². The van der Waals surface area contributed by atoms with Crippen LogP contribution in [0.1, 0.15) is 66.5 Å². The minimum Gasteiger partial charge on any atom is -0.388 e. The second-order valence-corrected chi connectivity index (χ2v) is 7.97. The molecule has 2 atom stereocenters. The molecule has 33 heavy (non-hydrogen) atoms. The summed E-state index contributed by atoms with van der Waals surface area (Å²) in [5.74, 6) is 0.200. The normalized spacial score (nSPS) is 13.7. The summed E-state index contributed by atoms with van der Waals surface area (Å²) in [6, 6.07) is 3.75. The zero-order valence-corrected chi connectivity index (χ0v) is 21.1. The van der Waals surface area contributed by atoms with Crippen LogP contribution in [-0.4, -0.2) is 40.3 Å². The first-order chi connectivity index (χ1) is 15.7. The fourth-order valence-corrected chi connectivity index (χ4v) is 3.08. The number of ether oxygens (including phenoxy) is 1. The lowest BCUT2D eigenvalue weighted by molar-refractivity contribution is -0.124. The van der Waals surface area contributed by atoms with Crippen molar-refractivity contribution in [1.29, 1.82) is 0 Å². The number of nitrogens with one attached hydrogen (secondary N) is 1. The molecule has 0 spiro atoms. The van der Waals surface area contributed by atoms with Crippen molar-refractivity contribution < 1.29 is 14.6 Å². The highest BCUT2D eigenvalue weighted by molar-refractivity contribution is 5.95. The Hall–Kier alpha value is -2.83. The van der Waals surface area contributed by atoms with Crippen LogP contribution >= 0.6 is 0 Å². The predicted molar refractivity (Wildman–Crippen MR) is 138 cm³/mol. The number of aromatic nitrogens is 2. The Bertz CT molecular complexity index is 995. The Morgan fingerprint density at radius 3 is 2.39 bits per heavy atom. The molecule has 0 saturated carbocycles. The molecule has 180 valence electrons. The number of amides is 1. The minimum absolute atomic E-state index is 0.253. The molecule has 0 bridgehead atoms. The van der Waals surface area contributed by atoms with Gasteiger partial charge in [0.25, 0.3) is 5.91 Å². The summed E-state index contributed by atoms with van der Waals surface area (Å²) in [6.07, 6.45) is 9.13. The van der Waals surface area contributed by atoms with E-state index < -0.39 is 12.2 Å². The molecule has 0 saturated heterocycles. The van der Waals surface area contributed by atoms with Crippen LogP contribution in [-0.2, 0) is 9.53 Å². The Morgan fingerprint density at radius 2 is 1.82 bits per heavy atom. The Kier molecular flexibility index (Phi) is 12.3. The molecule has 2 N–H and O–H groups in total. The summed E-state index contributed by atoms with van der Waals surface area (Å²) in [7, 11) is 1.48. The fraction of sp³-hybridized carbons (Fsp3) is 0.444. The van der Waals surface area contributed by atoms with Crippen LogP contribution in [0.2, 0.25) is 0 Å². The fourth-order valence-electron chi connectivity index (χ4n) is 3.08. The molecule has 6 heteroatoms. The van der Waals surface area contributed by atoms with Gasteiger partial charge in [-0.05, 0) is 56.0 Å². The van der Waals surface area contributed by atoms with Crippen LogP contribution < -0.4 is 5.32 Å². The zero-order chi connectivity index (χ0) is 25.0. The molecule has 1 amide bonds. The topological polar surface area (TPSA) is 84.3 Å². The van der Waals surface area contributed by atoms with Gasteiger partial charge in [-0.1, -0.05) is 52.3 Å². The molecule has 0 aromatic carbocycles. The van der Waals surface area contributed by atoms with Crippen LogP contribution in [0, 0.1) is 0 Å². The van der Waals surface area contributed by atoms with Gasteiger partial charge >= 0.3 is 0 Å². The number of hydrogen-bond donors (Lipinski definition) is 2. The number of methoxy groups -OCH3 is 1. The van der Waals surface area contributed by atoms with E-state index in [0.717, 1.165) is 34.0 Å². The molecule has 6 nitrogen and oxygen atoms in total. The maximum Gasteiger partial charge on any atom is 0.254 e. The van der Waals surface area contributed by atoms with E-state index in [4.69, 9.17) is 4.74 Å². The van der Waals surface area contributed by atoms with Gasteiger partial charge < -0.3 is 15.2 Å². The number of nitrogens with zero attached hydrogens (tertiary/aromatic N) is 2. The summed E-state index contributed by atoms with van der Waals surface area (Å²) < 4.78 is 5.02. The lowest BCUT2D eigenvalue weighted by Crippen LogP contribution is -2.26. The number of rotatable bonds is 9. The molecule has 2 aromatic heterocycles. The third-order valence-corrected chi connectivity index (χ3v) is 4.96. The number of allylic oxidation sites excluding steroid dienone is 3. The van der Waals surface area contributed by atoms with Gasteiger partial charge in [-0.15, -0.1) is 0 Å². The molecule has 0 fully saturated rings. The average Bonchev–Trinajstić information content (AvgIpc) is 2.79. The maximum absolute atomic E-state index is 12.0. The van der Waals surface area contributed by atoms with Gasteiger partial charge in [0, 0.05) is 30.3 Å². The van der Waals surface area contributed by atoms with E-state index >= 15 is 0 Å². The van der Waals surface area contributed by atoms with Crippen LogP contribution in [0.5, 0.6) is 0 Å². The van der Waals surface area contributed by atoms with Crippen molar-refractivity contribution in [2.24, 2.45) is 0 Å². The lowest BCUT2D eigenvalue weighted by Gasteiger charge is -2.13. The van der Waals surface area contributed by atoms with Gasteiger partial charge in [0.1, 0.15) is 11.9 Å². The second-order valence-electron chi connectivity index (χ2n) is 7.97. The summed E-state index contributed by atoms with van der Waals surface area (Å²) in [5.41, 5.74) is 3.45. The first-order valence-corrected chi connectivity index (χ1v) is 11.5. The number of fused-ring (bicyclic) bond motifs is 1. The first kappa shape index (κ1) is 28.2. The number of aliphatic hydroxyl groups is 1. The van der Waals surface area contributed by atoms with Crippen molar-refractivity contribution in [3.8, 4) is 0 Å². The van der Waals surface area contributed by atoms with E-state index in [0.29, 0.717) is 17.8 Å². The molecule has 0 aliphatic heterocycles. The molecule has 2 heterocycles. The minimum atomic E-state index is -0.555. The molecule has 0 aliphatic rings. The lowest BCUT2D eigenvalue weighted by atomic mass is 9.97. The van der Waals surface area contributed by atoms with Gasteiger partial charge in [0.05, 0.1) is 11.8 Å². The number of aliphatic hydroxyl groups excluding tert-OH is 1. The van der Waals surface area contributed by atoms with Crippen LogP contribution in [0.4, 0.5) is 5.82 Å². The largest absolute Gasteiger partial charge is 0.388 e. The van der Waals surface area contributed by atoms with Crippen molar-refractivity contribution in [3.05, 3.63) is 60.1 Å². The van der Waals surface area contributed by atoms with Gasteiger partial charge in [-0.25, -0.2) is 4.98 Å². The van der Waals surface area contributed by atoms with Crippen molar-refractivity contribution in [2.45, 2.75) is 73.0 Å². The quantitative estimate of drug-likeness (QED) is 0.449. The highest BCUT2D eigenvalue weighted by Crippen LogP contribution is 2.26. The molecule has 0 aliphatic carbocycles. The second kappa shape index (κ2) is 14.3. The number of anilines is 1. The zero-order valence-electron chi connectivity index (χ0n) is 21.1. The summed E-state index contributed by atoms with van der Waals surface area (Å²) >= 11 is 0. The van der Waals surface area contributed by atoms with E-state index in [1.54, 1.807) is 25.4 Å².